The lowest BCUT2D eigenvalue weighted by Gasteiger charge is -2.34. The second kappa shape index (κ2) is 10.3. The molecule has 1 aromatic carbocycles. The van der Waals surface area contributed by atoms with Gasteiger partial charge in [-0.1, -0.05) is 18.5 Å². The predicted molar refractivity (Wildman–Crippen MR) is 104 cm³/mol. The zero-order valence-electron chi connectivity index (χ0n) is 13.8. The summed E-state index contributed by atoms with van der Waals surface area (Å²) in [6, 6.07) is 6.82. The van der Waals surface area contributed by atoms with Crippen LogP contribution in [0.15, 0.2) is 24.3 Å². The Kier molecular flexibility index (Phi) is 9.13. The lowest BCUT2D eigenvalue weighted by atomic mass is 9.81. The van der Waals surface area contributed by atoms with Crippen molar-refractivity contribution in [2.45, 2.75) is 19.8 Å². The molecule has 1 heterocycles. The molecule has 1 aliphatic heterocycles. The Morgan fingerprint density at radius 1 is 1.21 bits per heavy atom. The number of ketones is 1. The van der Waals surface area contributed by atoms with Crippen molar-refractivity contribution >= 4 is 47.5 Å². The molecular weight excluding hydrogens is 367 g/mol. The maximum Gasteiger partial charge on any atom is 0.230 e. The van der Waals surface area contributed by atoms with Gasteiger partial charge in [-0.3, -0.25) is 9.59 Å². The Balaban J connectivity index is 0.00000288. The van der Waals surface area contributed by atoms with Crippen LogP contribution in [0.1, 0.15) is 30.1 Å². The van der Waals surface area contributed by atoms with Crippen molar-refractivity contribution in [3.63, 3.8) is 0 Å². The Labute approximate surface area is 158 Å². The van der Waals surface area contributed by atoms with Gasteiger partial charge in [0.1, 0.15) is 0 Å². The summed E-state index contributed by atoms with van der Waals surface area (Å²) in [5.41, 5.74) is 0.814. The largest absolute Gasteiger partial charge is 0.355 e. The van der Waals surface area contributed by atoms with Crippen LogP contribution >= 0.6 is 35.8 Å². The molecule has 0 saturated carbocycles. The average molecular weight is 391 g/mol. The van der Waals surface area contributed by atoms with Crippen molar-refractivity contribution in [3.8, 4) is 0 Å². The quantitative estimate of drug-likeness (QED) is 0.701. The van der Waals surface area contributed by atoms with Gasteiger partial charge in [-0.2, -0.15) is 0 Å². The fourth-order valence-corrected chi connectivity index (χ4v) is 3.39. The molecular formula is C17H24Cl2N2O2S. The second-order valence-corrected chi connectivity index (χ2v) is 7.68. The van der Waals surface area contributed by atoms with Gasteiger partial charge < -0.3 is 10.6 Å². The highest BCUT2D eigenvalue weighted by atomic mass is 35.5. The molecule has 1 amide bonds. The monoisotopic (exact) mass is 390 g/mol. The lowest BCUT2D eigenvalue weighted by molar-refractivity contribution is -0.119. The Hall–Kier alpha value is -0.750. The third kappa shape index (κ3) is 7.01. The van der Waals surface area contributed by atoms with Crippen LogP contribution in [0.3, 0.4) is 0 Å². The summed E-state index contributed by atoms with van der Waals surface area (Å²) in [4.78, 5) is 23.9. The van der Waals surface area contributed by atoms with Crippen molar-refractivity contribution in [2.75, 3.05) is 31.1 Å². The minimum absolute atomic E-state index is 0. The third-order valence-corrected chi connectivity index (χ3v) is 5.34. The number of halogens is 2. The molecule has 134 valence electrons. The number of amides is 1. The first kappa shape index (κ1) is 21.3. The lowest BCUT2D eigenvalue weighted by Crippen LogP contribution is -2.43. The van der Waals surface area contributed by atoms with Crippen LogP contribution in [0.4, 0.5) is 0 Å². The number of carbonyl (C=O) groups excluding carboxylic acids is 2. The smallest absolute Gasteiger partial charge is 0.230 e. The molecule has 24 heavy (non-hydrogen) atoms. The number of benzene rings is 1. The SMILES string of the molecule is CC1(CNC(=O)CSCC(=O)c2ccc(Cl)cc2)CCNCC1.Cl. The van der Waals surface area contributed by atoms with Crippen LogP contribution in [0.5, 0.6) is 0 Å². The number of hydrogen-bond donors (Lipinski definition) is 2. The molecule has 0 radical (unpaired) electrons. The standard InChI is InChI=1S/C17H23ClN2O2S.ClH/c1-17(6-8-19-9-7-17)12-20-16(22)11-23-10-15(21)13-2-4-14(18)5-3-13;/h2-5,19H,6-12H2,1H3,(H,20,22);1H. The first-order valence-corrected chi connectivity index (χ1v) is 9.36. The van der Waals surface area contributed by atoms with Gasteiger partial charge in [0.2, 0.25) is 5.91 Å². The fraction of sp³-hybridized carbons (Fsp3) is 0.529. The molecule has 1 aromatic rings. The van der Waals surface area contributed by atoms with E-state index in [1.165, 1.54) is 11.8 Å². The van der Waals surface area contributed by atoms with E-state index in [9.17, 15) is 9.59 Å². The Bertz CT molecular complexity index is 546. The molecule has 0 spiro atoms. The van der Waals surface area contributed by atoms with Gasteiger partial charge in [0.15, 0.2) is 5.78 Å². The first-order valence-electron chi connectivity index (χ1n) is 7.82. The molecule has 4 nitrogen and oxygen atoms in total. The maximum absolute atomic E-state index is 12.0. The summed E-state index contributed by atoms with van der Waals surface area (Å²) < 4.78 is 0. The fourth-order valence-electron chi connectivity index (χ4n) is 2.53. The highest BCUT2D eigenvalue weighted by Crippen LogP contribution is 2.26. The summed E-state index contributed by atoms with van der Waals surface area (Å²) in [7, 11) is 0. The molecule has 2 rings (SSSR count). The van der Waals surface area contributed by atoms with Crippen LogP contribution in [-0.2, 0) is 4.79 Å². The van der Waals surface area contributed by atoms with E-state index in [0.717, 1.165) is 25.9 Å². The molecule has 2 N–H and O–H groups in total. The van der Waals surface area contributed by atoms with Crippen molar-refractivity contribution in [2.24, 2.45) is 5.41 Å². The van der Waals surface area contributed by atoms with Gasteiger partial charge in [-0.25, -0.2) is 0 Å². The number of nitrogens with one attached hydrogen (secondary N) is 2. The molecule has 0 atom stereocenters. The van der Waals surface area contributed by atoms with Crippen molar-refractivity contribution in [1.82, 2.24) is 10.6 Å². The molecule has 0 bridgehead atoms. The number of rotatable bonds is 7. The van der Waals surface area contributed by atoms with E-state index in [1.54, 1.807) is 24.3 Å². The van der Waals surface area contributed by atoms with Crippen molar-refractivity contribution in [1.29, 1.82) is 0 Å². The van der Waals surface area contributed by atoms with Gasteiger partial charge in [0, 0.05) is 17.1 Å². The summed E-state index contributed by atoms with van der Waals surface area (Å²) >= 11 is 7.15. The van der Waals surface area contributed by atoms with Crippen LogP contribution in [0.25, 0.3) is 0 Å². The van der Waals surface area contributed by atoms with Crippen LogP contribution in [0.2, 0.25) is 5.02 Å². The molecule has 0 aliphatic carbocycles. The van der Waals surface area contributed by atoms with E-state index in [4.69, 9.17) is 11.6 Å². The molecule has 1 saturated heterocycles. The van der Waals surface area contributed by atoms with E-state index >= 15 is 0 Å². The average Bonchev–Trinajstić information content (AvgIpc) is 2.54. The number of carbonyl (C=O) groups is 2. The van der Waals surface area contributed by atoms with E-state index in [2.05, 4.69) is 17.6 Å². The highest BCUT2D eigenvalue weighted by Gasteiger charge is 2.26. The summed E-state index contributed by atoms with van der Waals surface area (Å²) in [5, 5.41) is 6.94. The highest BCUT2D eigenvalue weighted by molar-refractivity contribution is 8.00. The van der Waals surface area contributed by atoms with Gasteiger partial charge in [-0.05, 0) is 55.6 Å². The van der Waals surface area contributed by atoms with Crippen molar-refractivity contribution < 1.29 is 9.59 Å². The normalized spacial score (nSPS) is 16.1. The molecule has 1 fully saturated rings. The second-order valence-electron chi connectivity index (χ2n) is 6.26. The number of Topliss-reactive ketones (excluding diaryl/α,β-unsaturated/α-hetero) is 1. The topological polar surface area (TPSA) is 58.2 Å². The first-order chi connectivity index (χ1) is 11.0. The molecule has 7 heteroatoms. The minimum atomic E-state index is -0.00124. The van der Waals surface area contributed by atoms with Gasteiger partial charge >= 0.3 is 0 Å². The number of hydrogen-bond acceptors (Lipinski definition) is 4. The van der Waals surface area contributed by atoms with Crippen LogP contribution in [-0.4, -0.2) is 42.8 Å². The van der Waals surface area contributed by atoms with Crippen LogP contribution < -0.4 is 10.6 Å². The molecule has 0 unspecified atom stereocenters. The summed E-state index contributed by atoms with van der Waals surface area (Å²) in [5.74, 6) is 0.632. The van der Waals surface area contributed by atoms with E-state index in [0.29, 0.717) is 28.6 Å². The van der Waals surface area contributed by atoms with E-state index in [-0.39, 0.29) is 29.5 Å². The van der Waals surface area contributed by atoms with Gasteiger partial charge in [0.25, 0.3) is 0 Å². The molecule has 0 aromatic heterocycles. The van der Waals surface area contributed by atoms with E-state index < -0.39 is 0 Å². The maximum atomic E-state index is 12.0. The van der Waals surface area contributed by atoms with Crippen molar-refractivity contribution in [3.05, 3.63) is 34.9 Å². The Morgan fingerprint density at radius 3 is 2.46 bits per heavy atom. The summed E-state index contributed by atoms with van der Waals surface area (Å²) in [6.07, 6.45) is 2.16. The van der Waals surface area contributed by atoms with E-state index in [1.807, 2.05) is 0 Å². The zero-order chi connectivity index (χ0) is 16.7. The van der Waals surface area contributed by atoms with Gasteiger partial charge in [0.05, 0.1) is 11.5 Å². The Morgan fingerprint density at radius 2 is 1.83 bits per heavy atom. The van der Waals surface area contributed by atoms with Gasteiger partial charge in [-0.15, -0.1) is 24.2 Å². The third-order valence-electron chi connectivity index (χ3n) is 4.16. The minimum Gasteiger partial charge on any atom is -0.355 e. The van der Waals surface area contributed by atoms with Crippen LogP contribution in [0, 0.1) is 5.41 Å². The summed E-state index contributed by atoms with van der Waals surface area (Å²) in [6.45, 7) is 4.94. The zero-order valence-corrected chi connectivity index (χ0v) is 16.2. The number of thioether (sulfide) groups is 1. The molecule has 1 aliphatic rings. The predicted octanol–water partition coefficient (Wildman–Crippen LogP) is 3.18. The number of piperidine rings is 1.